The summed E-state index contributed by atoms with van der Waals surface area (Å²) in [4.78, 5) is 29.5. The number of piperidine rings is 1. The van der Waals surface area contributed by atoms with Gasteiger partial charge in [-0.2, -0.15) is 0 Å². The number of aryl methyl sites for hydroxylation is 2. The molecule has 1 saturated heterocycles. The summed E-state index contributed by atoms with van der Waals surface area (Å²) in [5, 5.41) is 0. The minimum Gasteiger partial charge on any atom is -0.490 e. The van der Waals surface area contributed by atoms with Gasteiger partial charge < -0.3 is 19.3 Å². The highest BCUT2D eigenvalue weighted by atomic mass is 16.5. The van der Waals surface area contributed by atoms with E-state index in [4.69, 9.17) is 9.47 Å². The number of anilines is 1. The van der Waals surface area contributed by atoms with E-state index >= 15 is 0 Å². The van der Waals surface area contributed by atoms with Crippen molar-refractivity contribution in [3.8, 4) is 11.5 Å². The van der Waals surface area contributed by atoms with Crippen LogP contribution in [0.3, 0.4) is 0 Å². The van der Waals surface area contributed by atoms with Gasteiger partial charge in [0.25, 0.3) is 11.8 Å². The minimum absolute atomic E-state index is 0.00693. The molecule has 0 unspecified atom stereocenters. The molecule has 170 valence electrons. The predicted molar refractivity (Wildman–Crippen MR) is 125 cm³/mol. The summed E-state index contributed by atoms with van der Waals surface area (Å²) in [5.74, 6) is 0.925. The first-order valence-electron chi connectivity index (χ1n) is 11.7. The van der Waals surface area contributed by atoms with Crippen LogP contribution in [0.25, 0.3) is 0 Å². The molecule has 0 aliphatic carbocycles. The number of nitrogens with zero attached hydrogens (tertiary/aromatic N) is 2. The fourth-order valence-corrected chi connectivity index (χ4v) is 4.50. The van der Waals surface area contributed by atoms with Crippen LogP contribution in [-0.4, -0.2) is 49.6 Å². The zero-order chi connectivity index (χ0) is 22.5. The van der Waals surface area contributed by atoms with Crippen LogP contribution in [0.15, 0.2) is 36.4 Å². The van der Waals surface area contributed by atoms with Crippen LogP contribution < -0.4 is 14.4 Å². The van der Waals surface area contributed by atoms with Crippen molar-refractivity contribution >= 4 is 17.5 Å². The maximum absolute atomic E-state index is 13.4. The highest BCUT2D eigenvalue weighted by molar-refractivity contribution is 6.07. The quantitative estimate of drug-likeness (QED) is 0.674. The Morgan fingerprint density at radius 3 is 2.50 bits per heavy atom. The zero-order valence-electron chi connectivity index (χ0n) is 19.1. The number of carbonyl (C=O) groups excluding carboxylic acids is 2. The van der Waals surface area contributed by atoms with Gasteiger partial charge in [0, 0.05) is 30.9 Å². The van der Waals surface area contributed by atoms with Gasteiger partial charge in [0.2, 0.25) is 0 Å². The summed E-state index contributed by atoms with van der Waals surface area (Å²) in [6.07, 6.45) is 5.21. The van der Waals surface area contributed by atoms with Crippen molar-refractivity contribution in [3.05, 3.63) is 53.1 Å². The summed E-state index contributed by atoms with van der Waals surface area (Å²) < 4.78 is 11.6. The lowest BCUT2D eigenvalue weighted by molar-refractivity contribution is -0.134. The molecule has 32 heavy (non-hydrogen) atoms. The second-order valence-electron chi connectivity index (χ2n) is 8.52. The van der Waals surface area contributed by atoms with Gasteiger partial charge >= 0.3 is 0 Å². The Bertz CT molecular complexity index is 982. The molecule has 0 N–H and O–H groups in total. The first-order valence-corrected chi connectivity index (χ1v) is 11.7. The second-order valence-corrected chi connectivity index (χ2v) is 8.52. The third kappa shape index (κ3) is 4.90. The summed E-state index contributed by atoms with van der Waals surface area (Å²) in [6.45, 7) is 6.67. The number of amides is 2. The van der Waals surface area contributed by atoms with E-state index < -0.39 is 0 Å². The van der Waals surface area contributed by atoms with Crippen LogP contribution in [0.4, 0.5) is 5.69 Å². The SMILES string of the molecule is CCOc1cc(C(=O)N2CCCc3cc(C)ccc32)ccc1OCC(=O)N1CCCCC1. The molecule has 2 aliphatic heterocycles. The highest BCUT2D eigenvalue weighted by Crippen LogP contribution is 2.32. The van der Waals surface area contributed by atoms with Gasteiger partial charge in [0.1, 0.15) is 0 Å². The number of carbonyl (C=O) groups is 2. The first-order chi connectivity index (χ1) is 15.6. The molecule has 2 aliphatic rings. The molecule has 6 nitrogen and oxygen atoms in total. The lowest BCUT2D eigenvalue weighted by Crippen LogP contribution is -2.38. The van der Waals surface area contributed by atoms with Gasteiger partial charge in [-0.05, 0) is 75.8 Å². The predicted octanol–water partition coefficient (Wildman–Crippen LogP) is 4.38. The van der Waals surface area contributed by atoms with Gasteiger partial charge in [-0.25, -0.2) is 0 Å². The molecule has 0 atom stereocenters. The van der Waals surface area contributed by atoms with Gasteiger partial charge in [0.15, 0.2) is 18.1 Å². The number of fused-ring (bicyclic) bond motifs is 1. The standard InChI is InChI=1S/C26H32N2O4/c1-3-31-24-17-21(10-12-23(24)32-18-25(29)27-13-5-4-6-14-27)26(30)28-15-7-8-20-16-19(2)9-11-22(20)28/h9-12,16-17H,3-8,13-15,18H2,1-2H3. The van der Waals surface area contributed by atoms with E-state index in [9.17, 15) is 9.59 Å². The number of hydrogen-bond acceptors (Lipinski definition) is 4. The summed E-state index contributed by atoms with van der Waals surface area (Å²) >= 11 is 0. The molecular weight excluding hydrogens is 404 g/mol. The summed E-state index contributed by atoms with van der Waals surface area (Å²) in [6, 6.07) is 11.5. The normalized spacial score (nSPS) is 15.8. The molecule has 0 saturated carbocycles. The fourth-order valence-electron chi connectivity index (χ4n) is 4.50. The van der Waals surface area contributed by atoms with Gasteiger partial charge in [0.05, 0.1) is 6.61 Å². The van der Waals surface area contributed by atoms with Crippen LogP contribution in [0.1, 0.15) is 54.1 Å². The largest absolute Gasteiger partial charge is 0.490 e. The van der Waals surface area contributed by atoms with Crippen molar-refractivity contribution in [3.63, 3.8) is 0 Å². The summed E-state index contributed by atoms with van der Waals surface area (Å²) in [5.41, 5.74) is 3.96. The Morgan fingerprint density at radius 2 is 1.72 bits per heavy atom. The molecule has 2 aromatic rings. The van der Waals surface area contributed by atoms with Gasteiger partial charge in [-0.3, -0.25) is 9.59 Å². The molecule has 1 fully saturated rings. The molecule has 4 rings (SSSR count). The molecule has 2 heterocycles. The topological polar surface area (TPSA) is 59.1 Å². The van der Waals surface area contributed by atoms with Crippen molar-refractivity contribution in [1.29, 1.82) is 0 Å². The third-order valence-corrected chi connectivity index (χ3v) is 6.15. The zero-order valence-corrected chi connectivity index (χ0v) is 19.1. The Hall–Kier alpha value is -3.02. The summed E-state index contributed by atoms with van der Waals surface area (Å²) in [7, 11) is 0. The molecule has 2 amide bonds. The Kier molecular flexibility index (Phi) is 6.98. The molecule has 0 radical (unpaired) electrons. The Balaban J connectivity index is 1.50. The van der Waals surface area contributed by atoms with Crippen LogP contribution >= 0.6 is 0 Å². The van der Waals surface area contributed by atoms with Crippen molar-refractivity contribution in [1.82, 2.24) is 4.90 Å². The lowest BCUT2D eigenvalue weighted by Gasteiger charge is -2.30. The number of hydrogen-bond donors (Lipinski definition) is 0. The van der Waals surface area contributed by atoms with Gasteiger partial charge in [-0.15, -0.1) is 0 Å². The average molecular weight is 437 g/mol. The molecule has 6 heteroatoms. The maximum atomic E-state index is 13.4. The van der Waals surface area contributed by atoms with E-state index in [1.807, 2.05) is 28.9 Å². The highest BCUT2D eigenvalue weighted by Gasteiger charge is 2.25. The molecule has 0 aromatic heterocycles. The van der Waals surface area contributed by atoms with E-state index in [0.29, 0.717) is 30.2 Å². The Morgan fingerprint density at radius 1 is 0.906 bits per heavy atom. The van der Waals surface area contributed by atoms with E-state index in [-0.39, 0.29) is 18.4 Å². The van der Waals surface area contributed by atoms with Crippen LogP contribution in [0, 0.1) is 6.92 Å². The molecule has 2 aromatic carbocycles. The second kappa shape index (κ2) is 10.1. The molecular formula is C26H32N2O4. The number of ether oxygens (including phenoxy) is 2. The van der Waals surface area contributed by atoms with Crippen molar-refractivity contribution in [2.45, 2.75) is 46.0 Å². The Labute approximate surface area is 190 Å². The third-order valence-electron chi connectivity index (χ3n) is 6.15. The van der Waals surface area contributed by atoms with Crippen LogP contribution in [0.2, 0.25) is 0 Å². The fraction of sp³-hybridized carbons (Fsp3) is 0.462. The molecule has 0 spiro atoms. The lowest BCUT2D eigenvalue weighted by atomic mass is 9.99. The number of rotatable bonds is 6. The van der Waals surface area contributed by atoms with E-state index in [1.54, 1.807) is 18.2 Å². The monoisotopic (exact) mass is 436 g/mol. The van der Waals surface area contributed by atoms with E-state index in [1.165, 1.54) is 17.5 Å². The van der Waals surface area contributed by atoms with E-state index in [0.717, 1.165) is 44.5 Å². The smallest absolute Gasteiger partial charge is 0.260 e. The van der Waals surface area contributed by atoms with E-state index in [2.05, 4.69) is 13.0 Å². The number of benzene rings is 2. The van der Waals surface area contributed by atoms with Crippen LogP contribution in [-0.2, 0) is 11.2 Å². The van der Waals surface area contributed by atoms with Crippen molar-refractivity contribution in [2.24, 2.45) is 0 Å². The number of likely N-dealkylation sites (tertiary alicyclic amines) is 1. The van der Waals surface area contributed by atoms with Crippen LogP contribution in [0.5, 0.6) is 11.5 Å². The maximum Gasteiger partial charge on any atom is 0.260 e. The van der Waals surface area contributed by atoms with Gasteiger partial charge in [-0.1, -0.05) is 17.7 Å². The minimum atomic E-state index is -0.0494. The van der Waals surface area contributed by atoms with Crippen molar-refractivity contribution < 1.29 is 19.1 Å². The molecule has 0 bridgehead atoms. The first kappa shape index (κ1) is 22.2. The average Bonchev–Trinajstić information content (AvgIpc) is 2.82. The van der Waals surface area contributed by atoms with Crippen molar-refractivity contribution in [2.75, 3.05) is 37.7 Å².